The number of aliphatic hydroxyl groups excluding tert-OH is 1. The molecule has 4 heteroatoms. The molecular weight excluding hydrogens is 206 g/mol. The Balaban J connectivity index is 2.25. The number of ether oxygens (including phenoxy) is 1. The molecule has 2 N–H and O–H groups in total. The average molecular weight is 223 g/mol. The molecule has 1 aromatic carbocycles. The van der Waals surface area contributed by atoms with Crippen molar-refractivity contribution in [2.24, 2.45) is 0 Å². The summed E-state index contributed by atoms with van der Waals surface area (Å²) in [4.78, 5) is 11.1. The summed E-state index contributed by atoms with van der Waals surface area (Å²) in [6, 6.07) is 9.52. The van der Waals surface area contributed by atoms with Crippen LogP contribution in [0.1, 0.15) is 13.3 Å². The second-order valence-electron chi connectivity index (χ2n) is 3.41. The summed E-state index contributed by atoms with van der Waals surface area (Å²) < 4.78 is 4.74. The SMILES string of the molecule is CCOC(=O)CC(O)CNc1ccccc1. The monoisotopic (exact) mass is 223 g/mol. The van der Waals surface area contributed by atoms with E-state index in [1.807, 2.05) is 30.3 Å². The number of aliphatic hydroxyl groups is 1. The van der Waals surface area contributed by atoms with E-state index in [-0.39, 0.29) is 12.4 Å². The molecule has 0 amide bonds. The molecule has 1 unspecified atom stereocenters. The summed E-state index contributed by atoms with van der Waals surface area (Å²) in [6.07, 6.45) is -0.701. The highest BCUT2D eigenvalue weighted by Gasteiger charge is 2.10. The fourth-order valence-electron chi connectivity index (χ4n) is 1.28. The number of anilines is 1. The van der Waals surface area contributed by atoms with E-state index in [4.69, 9.17) is 4.74 Å². The van der Waals surface area contributed by atoms with Crippen LogP contribution in [0.2, 0.25) is 0 Å². The Hall–Kier alpha value is -1.55. The van der Waals surface area contributed by atoms with E-state index in [2.05, 4.69) is 5.32 Å². The molecule has 1 aromatic rings. The molecular formula is C12H17NO3. The zero-order chi connectivity index (χ0) is 11.8. The second-order valence-corrected chi connectivity index (χ2v) is 3.41. The molecule has 0 aliphatic rings. The predicted octanol–water partition coefficient (Wildman–Crippen LogP) is 1.41. The van der Waals surface area contributed by atoms with E-state index in [0.29, 0.717) is 13.2 Å². The first kappa shape index (κ1) is 12.5. The Morgan fingerprint density at radius 3 is 2.75 bits per heavy atom. The number of hydrogen-bond acceptors (Lipinski definition) is 4. The topological polar surface area (TPSA) is 58.6 Å². The van der Waals surface area contributed by atoms with Crippen molar-refractivity contribution in [3.8, 4) is 0 Å². The molecule has 0 saturated carbocycles. The van der Waals surface area contributed by atoms with Gasteiger partial charge in [0.25, 0.3) is 0 Å². The number of rotatable bonds is 6. The number of carbonyl (C=O) groups is 1. The van der Waals surface area contributed by atoms with Gasteiger partial charge in [-0.05, 0) is 19.1 Å². The summed E-state index contributed by atoms with van der Waals surface area (Å²) in [5, 5.41) is 12.6. The zero-order valence-electron chi connectivity index (χ0n) is 9.35. The normalized spacial score (nSPS) is 11.9. The maximum Gasteiger partial charge on any atom is 0.308 e. The minimum absolute atomic E-state index is 0.0215. The minimum Gasteiger partial charge on any atom is -0.466 e. The lowest BCUT2D eigenvalue weighted by Crippen LogP contribution is -2.23. The van der Waals surface area contributed by atoms with Crippen LogP contribution in [0.5, 0.6) is 0 Å². The minimum atomic E-state index is -0.723. The first-order chi connectivity index (χ1) is 7.72. The number of esters is 1. The zero-order valence-corrected chi connectivity index (χ0v) is 9.35. The van der Waals surface area contributed by atoms with Crippen LogP contribution in [0.15, 0.2) is 30.3 Å². The van der Waals surface area contributed by atoms with Crippen molar-refractivity contribution in [2.45, 2.75) is 19.4 Å². The van der Waals surface area contributed by atoms with Crippen LogP contribution >= 0.6 is 0 Å². The Kier molecular flexibility index (Phi) is 5.36. The van der Waals surface area contributed by atoms with Crippen molar-refractivity contribution in [3.05, 3.63) is 30.3 Å². The maximum absolute atomic E-state index is 11.1. The van der Waals surface area contributed by atoms with Gasteiger partial charge in [-0.1, -0.05) is 18.2 Å². The van der Waals surface area contributed by atoms with Gasteiger partial charge >= 0.3 is 5.97 Å². The highest BCUT2D eigenvalue weighted by atomic mass is 16.5. The first-order valence-electron chi connectivity index (χ1n) is 5.35. The summed E-state index contributed by atoms with van der Waals surface area (Å²) >= 11 is 0. The number of para-hydroxylation sites is 1. The van der Waals surface area contributed by atoms with Crippen LogP contribution in [0.25, 0.3) is 0 Å². The molecule has 0 saturated heterocycles. The quantitative estimate of drug-likeness (QED) is 0.716. The van der Waals surface area contributed by atoms with Gasteiger partial charge in [0, 0.05) is 12.2 Å². The largest absolute Gasteiger partial charge is 0.466 e. The maximum atomic E-state index is 11.1. The highest BCUT2D eigenvalue weighted by Crippen LogP contribution is 2.05. The molecule has 0 aromatic heterocycles. The van der Waals surface area contributed by atoms with Gasteiger partial charge < -0.3 is 15.2 Å². The van der Waals surface area contributed by atoms with E-state index < -0.39 is 6.10 Å². The van der Waals surface area contributed by atoms with Gasteiger partial charge in [0.1, 0.15) is 0 Å². The molecule has 16 heavy (non-hydrogen) atoms. The molecule has 1 atom stereocenters. The fourth-order valence-corrected chi connectivity index (χ4v) is 1.28. The van der Waals surface area contributed by atoms with Crippen molar-refractivity contribution in [1.29, 1.82) is 0 Å². The predicted molar refractivity (Wildman–Crippen MR) is 62.2 cm³/mol. The van der Waals surface area contributed by atoms with Crippen LogP contribution in [-0.2, 0) is 9.53 Å². The summed E-state index contributed by atoms with van der Waals surface area (Å²) in [7, 11) is 0. The molecule has 0 aliphatic heterocycles. The summed E-state index contributed by atoms with van der Waals surface area (Å²) in [5.41, 5.74) is 0.922. The molecule has 0 aliphatic carbocycles. The van der Waals surface area contributed by atoms with Gasteiger partial charge in [0.05, 0.1) is 19.1 Å². The second kappa shape index (κ2) is 6.85. The molecule has 88 valence electrons. The lowest BCUT2D eigenvalue weighted by molar-refractivity contribution is -0.145. The lowest BCUT2D eigenvalue weighted by atomic mass is 10.2. The summed E-state index contributed by atoms with van der Waals surface area (Å²) in [5.74, 6) is -0.370. The smallest absolute Gasteiger partial charge is 0.308 e. The van der Waals surface area contributed by atoms with Gasteiger partial charge in [-0.25, -0.2) is 0 Å². The van der Waals surface area contributed by atoms with Crippen LogP contribution in [0.3, 0.4) is 0 Å². The van der Waals surface area contributed by atoms with Crippen molar-refractivity contribution in [2.75, 3.05) is 18.5 Å². The van der Waals surface area contributed by atoms with E-state index in [0.717, 1.165) is 5.69 Å². The van der Waals surface area contributed by atoms with E-state index in [1.165, 1.54) is 0 Å². The number of nitrogens with one attached hydrogen (secondary N) is 1. The Labute approximate surface area is 95.2 Å². The molecule has 0 bridgehead atoms. The van der Waals surface area contributed by atoms with Gasteiger partial charge in [-0.3, -0.25) is 4.79 Å². The van der Waals surface area contributed by atoms with E-state index in [9.17, 15) is 9.90 Å². The number of benzene rings is 1. The Bertz CT molecular complexity index is 313. The van der Waals surface area contributed by atoms with Crippen molar-refractivity contribution >= 4 is 11.7 Å². The van der Waals surface area contributed by atoms with Crippen LogP contribution < -0.4 is 5.32 Å². The number of hydrogen-bond donors (Lipinski definition) is 2. The first-order valence-corrected chi connectivity index (χ1v) is 5.35. The highest BCUT2D eigenvalue weighted by molar-refractivity contribution is 5.70. The van der Waals surface area contributed by atoms with Gasteiger partial charge in [0.15, 0.2) is 0 Å². The fraction of sp³-hybridized carbons (Fsp3) is 0.417. The molecule has 1 rings (SSSR count). The lowest BCUT2D eigenvalue weighted by Gasteiger charge is -2.11. The van der Waals surface area contributed by atoms with Crippen LogP contribution in [-0.4, -0.2) is 30.3 Å². The van der Waals surface area contributed by atoms with Gasteiger partial charge in [0.2, 0.25) is 0 Å². The third-order valence-electron chi connectivity index (χ3n) is 2.02. The molecule has 0 radical (unpaired) electrons. The van der Waals surface area contributed by atoms with Crippen molar-refractivity contribution in [3.63, 3.8) is 0 Å². The standard InChI is InChI=1S/C12H17NO3/c1-2-16-12(15)8-11(14)9-13-10-6-4-3-5-7-10/h3-7,11,13-14H,2,8-9H2,1H3. The Morgan fingerprint density at radius 1 is 1.44 bits per heavy atom. The molecule has 4 nitrogen and oxygen atoms in total. The molecule has 0 fully saturated rings. The van der Waals surface area contributed by atoms with Crippen molar-refractivity contribution < 1.29 is 14.6 Å². The van der Waals surface area contributed by atoms with Crippen LogP contribution in [0.4, 0.5) is 5.69 Å². The van der Waals surface area contributed by atoms with Crippen LogP contribution in [0, 0.1) is 0 Å². The molecule has 0 heterocycles. The van der Waals surface area contributed by atoms with E-state index in [1.54, 1.807) is 6.92 Å². The molecule has 0 spiro atoms. The number of carbonyl (C=O) groups excluding carboxylic acids is 1. The Morgan fingerprint density at radius 2 is 2.12 bits per heavy atom. The van der Waals surface area contributed by atoms with Gasteiger partial charge in [-0.2, -0.15) is 0 Å². The third-order valence-corrected chi connectivity index (χ3v) is 2.02. The van der Waals surface area contributed by atoms with E-state index >= 15 is 0 Å². The average Bonchev–Trinajstić information content (AvgIpc) is 2.28. The van der Waals surface area contributed by atoms with Crippen molar-refractivity contribution in [1.82, 2.24) is 0 Å². The summed E-state index contributed by atoms with van der Waals surface area (Å²) in [6.45, 7) is 2.42. The van der Waals surface area contributed by atoms with Gasteiger partial charge in [-0.15, -0.1) is 0 Å². The third kappa shape index (κ3) is 4.79.